The summed E-state index contributed by atoms with van der Waals surface area (Å²) in [6.45, 7) is 0. The minimum absolute atomic E-state index is 0.344. The van der Waals surface area contributed by atoms with E-state index in [1.165, 1.54) is 0 Å². The van der Waals surface area contributed by atoms with Crippen LogP contribution in [0.15, 0.2) is 41.4 Å². The molecule has 0 saturated heterocycles. The molecule has 1 heterocycles. The van der Waals surface area contributed by atoms with Crippen LogP contribution in [0.25, 0.3) is 0 Å². The molecular formula is C13H9ClN2S. The zero-order chi connectivity index (χ0) is 12.3. The highest BCUT2D eigenvalue weighted by Gasteiger charge is 2.04. The number of hydrogen-bond donors (Lipinski definition) is 1. The molecule has 84 valence electrons. The third kappa shape index (κ3) is 2.79. The van der Waals surface area contributed by atoms with Gasteiger partial charge in [-0.3, -0.25) is 0 Å². The van der Waals surface area contributed by atoms with Crippen LogP contribution in [-0.4, -0.2) is 4.98 Å². The van der Waals surface area contributed by atoms with Crippen LogP contribution in [0, 0.1) is 11.3 Å². The Bertz CT molecular complexity index is 590. The van der Waals surface area contributed by atoms with Crippen molar-refractivity contribution in [1.29, 1.82) is 5.26 Å². The van der Waals surface area contributed by atoms with E-state index in [9.17, 15) is 0 Å². The van der Waals surface area contributed by atoms with E-state index < -0.39 is 0 Å². The molecule has 0 aliphatic heterocycles. The van der Waals surface area contributed by atoms with Gasteiger partial charge >= 0.3 is 0 Å². The molecule has 0 saturated carbocycles. The fraction of sp³-hybridized carbons (Fsp3) is 0.0769. The van der Waals surface area contributed by atoms with Crippen LogP contribution < -0.4 is 0 Å². The molecule has 0 bridgehead atoms. The number of nitriles is 1. The first-order valence-electron chi connectivity index (χ1n) is 5.02. The van der Waals surface area contributed by atoms with Gasteiger partial charge in [-0.1, -0.05) is 29.8 Å². The molecule has 0 radical (unpaired) electrons. The molecule has 0 unspecified atom stereocenters. The first-order valence-corrected chi connectivity index (χ1v) is 5.84. The monoisotopic (exact) mass is 260 g/mol. The van der Waals surface area contributed by atoms with E-state index in [1.807, 2.05) is 36.4 Å². The zero-order valence-corrected chi connectivity index (χ0v) is 10.5. The van der Waals surface area contributed by atoms with E-state index in [1.54, 1.807) is 6.20 Å². The highest BCUT2D eigenvalue weighted by Crippen LogP contribution is 2.20. The molecule has 2 aromatic rings. The van der Waals surface area contributed by atoms with Gasteiger partial charge in [-0.25, -0.2) is 4.98 Å². The Kier molecular flexibility index (Phi) is 3.68. The minimum Gasteiger partial charge on any atom is -0.244 e. The van der Waals surface area contributed by atoms with Crippen molar-refractivity contribution in [1.82, 2.24) is 4.98 Å². The topological polar surface area (TPSA) is 36.7 Å². The number of pyridine rings is 1. The first-order chi connectivity index (χ1) is 8.20. The SMILES string of the molecule is N#Cc1ncc(Cc2ccccc2Cl)cc1S. The fourth-order valence-electron chi connectivity index (χ4n) is 1.54. The second kappa shape index (κ2) is 5.22. The van der Waals surface area contributed by atoms with Crippen LogP contribution >= 0.6 is 24.2 Å². The van der Waals surface area contributed by atoms with Crippen molar-refractivity contribution >= 4 is 24.2 Å². The van der Waals surface area contributed by atoms with E-state index in [0.29, 0.717) is 17.0 Å². The summed E-state index contributed by atoms with van der Waals surface area (Å²) in [4.78, 5) is 4.64. The minimum atomic E-state index is 0.344. The van der Waals surface area contributed by atoms with Crippen molar-refractivity contribution in [2.75, 3.05) is 0 Å². The van der Waals surface area contributed by atoms with Gasteiger partial charge in [0.15, 0.2) is 5.69 Å². The van der Waals surface area contributed by atoms with Gasteiger partial charge in [0.05, 0.1) is 0 Å². The van der Waals surface area contributed by atoms with Crippen molar-refractivity contribution in [3.8, 4) is 6.07 Å². The smallest absolute Gasteiger partial charge is 0.153 e. The number of aromatic nitrogens is 1. The van der Waals surface area contributed by atoms with E-state index in [-0.39, 0.29) is 0 Å². The maximum atomic E-state index is 8.76. The molecule has 4 heteroatoms. The Morgan fingerprint density at radius 3 is 2.76 bits per heavy atom. The predicted molar refractivity (Wildman–Crippen MR) is 70.5 cm³/mol. The summed E-state index contributed by atoms with van der Waals surface area (Å²) < 4.78 is 0. The lowest BCUT2D eigenvalue weighted by molar-refractivity contribution is 1.09. The number of rotatable bonds is 2. The number of halogens is 1. The average Bonchev–Trinajstić information content (AvgIpc) is 2.32. The lowest BCUT2D eigenvalue weighted by Crippen LogP contribution is -1.93. The molecule has 1 aromatic carbocycles. The van der Waals surface area contributed by atoms with Crippen molar-refractivity contribution in [3.05, 3.63) is 58.4 Å². The van der Waals surface area contributed by atoms with Crippen molar-refractivity contribution < 1.29 is 0 Å². The molecule has 0 atom stereocenters. The van der Waals surface area contributed by atoms with E-state index in [2.05, 4.69) is 17.6 Å². The zero-order valence-electron chi connectivity index (χ0n) is 8.89. The quantitative estimate of drug-likeness (QED) is 0.840. The second-order valence-corrected chi connectivity index (χ2v) is 4.48. The van der Waals surface area contributed by atoms with Crippen LogP contribution in [0.3, 0.4) is 0 Å². The third-order valence-corrected chi connectivity index (χ3v) is 3.09. The van der Waals surface area contributed by atoms with Crippen LogP contribution in [0.5, 0.6) is 0 Å². The van der Waals surface area contributed by atoms with Crippen LogP contribution in [0.2, 0.25) is 5.02 Å². The van der Waals surface area contributed by atoms with Gasteiger partial charge in [-0.2, -0.15) is 5.26 Å². The molecule has 0 N–H and O–H groups in total. The van der Waals surface area contributed by atoms with Crippen LogP contribution in [0.4, 0.5) is 0 Å². The summed E-state index contributed by atoms with van der Waals surface area (Å²) in [6.07, 6.45) is 2.37. The first kappa shape index (κ1) is 12.0. The van der Waals surface area contributed by atoms with Crippen molar-refractivity contribution in [2.45, 2.75) is 11.3 Å². The average molecular weight is 261 g/mol. The Balaban J connectivity index is 2.29. The van der Waals surface area contributed by atoms with Gasteiger partial charge in [0.1, 0.15) is 6.07 Å². The molecule has 2 rings (SSSR count). The molecule has 0 aliphatic carbocycles. The highest BCUT2D eigenvalue weighted by molar-refractivity contribution is 7.80. The lowest BCUT2D eigenvalue weighted by Gasteiger charge is -2.05. The fourth-order valence-corrected chi connectivity index (χ4v) is 2.02. The number of hydrogen-bond acceptors (Lipinski definition) is 3. The van der Waals surface area contributed by atoms with Gasteiger partial charge in [0, 0.05) is 22.5 Å². The normalized spacial score (nSPS) is 9.94. The summed E-state index contributed by atoms with van der Waals surface area (Å²) >= 11 is 10.3. The van der Waals surface area contributed by atoms with Gasteiger partial charge in [-0.05, 0) is 23.3 Å². The van der Waals surface area contributed by atoms with Crippen molar-refractivity contribution in [3.63, 3.8) is 0 Å². The molecule has 17 heavy (non-hydrogen) atoms. The highest BCUT2D eigenvalue weighted by atomic mass is 35.5. The standard InChI is InChI=1S/C13H9ClN2S/c14-11-4-2-1-3-10(11)5-9-6-13(17)12(7-15)16-8-9/h1-4,6,8,17H,5H2. The maximum absolute atomic E-state index is 8.76. The molecule has 0 aliphatic rings. The Hall–Kier alpha value is -1.50. The molecule has 0 amide bonds. The Morgan fingerprint density at radius 2 is 2.12 bits per heavy atom. The van der Waals surface area contributed by atoms with Crippen molar-refractivity contribution in [2.24, 2.45) is 0 Å². The van der Waals surface area contributed by atoms with E-state index in [0.717, 1.165) is 16.1 Å². The summed E-state index contributed by atoms with van der Waals surface area (Å²) in [7, 11) is 0. The number of nitrogens with zero attached hydrogens (tertiary/aromatic N) is 2. The van der Waals surface area contributed by atoms with Crippen LogP contribution in [0.1, 0.15) is 16.8 Å². The number of benzene rings is 1. The van der Waals surface area contributed by atoms with E-state index >= 15 is 0 Å². The summed E-state index contributed by atoms with van der Waals surface area (Å²) in [5, 5.41) is 9.49. The third-order valence-electron chi connectivity index (χ3n) is 2.38. The molecular weight excluding hydrogens is 252 g/mol. The summed E-state index contributed by atoms with van der Waals surface area (Å²) in [5.41, 5.74) is 2.37. The summed E-state index contributed by atoms with van der Waals surface area (Å²) in [5.74, 6) is 0. The Morgan fingerprint density at radius 1 is 1.35 bits per heavy atom. The van der Waals surface area contributed by atoms with Gasteiger partial charge in [0.2, 0.25) is 0 Å². The van der Waals surface area contributed by atoms with E-state index in [4.69, 9.17) is 16.9 Å². The van der Waals surface area contributed by atoms with Gasteiger partial charge < -0.3 is 0 Å². The molecule has 0 spiro atoms. The Labute approximate surface area is 110 Å². The maximum Gasteiger partial charge on any atom is 0.153 e. The van der Waals surface area contributed by atoms with Gasteiger partial charge in [-0.15, -0.1) is 12.6 Å². The predicted octanol–water partition coefficient (Wildman–Crippen LogP) is 3.49. The second-order valence-electron chi connectivity index (χ2n) is 3.59. The van der Waals surface area contributed by atoms with Crippen LogP contribution in [-0.2, 0) is 6.42 Å². The lowest BCUT2D eigenvalue weighted by atomic mass is 10.1. The largest absolute Gasteiger partial charge is 0.244 e. The number of thiol groups is 1. The molecule has 0 fully saturated rings. The molecule has 2 nitrogen and oxygen atoms in total. The molecule has 1 aromatic heterocycles. The summed E-state index contributed by atoms with van der Waals surface area (Å²) in [6, 6.07) is 11.5. The van der Waals surface area contributed by atoms with Gasteiger partial charge in [0.25, 0.3) is 0 Å².